The first kappa shape index (κ1) is 13.3. The van der Waals surface area contributed by atoms with Crippen molar-refractivity contribution in [2.24, 2.45) is 11.8 Å². The molecule has 3 heteroatoms. The second kappa shape index (κ2) is 4.99. The fourth-order valence-corrected chi connectivity index (χ4v) is 3.73. The van der Waals surface area contributed by atoms with Crippen LogP contribution in [0.4, 0.5) is 0 Å². The lowest BCUT2D eigenvalue weighted by molar-refractivity contribution is -0.0267. The van der Waals surface area contributed by atoms with Crippen LogP contribution in [-0.2, 0) is 5.60 Å². The van der Waals surface area contributed by atoms with E-state index in [1.807, 2.05) is 18.2 Å². The van der Waals surface area contributed by atoms with Gasteiger partial charge in [0, 0.05) is 10.6 Å². The highest BCUT2D eigenvalue weighted by atomic mass is 35.5. The Hall–Kier alpha value is -0.730. The van der Waals surface area contributed by atoms with Crippen molar-refractivity contribution >= 4 is 11.6 Å². The minimum Gasteiger partial charge on any atom is -0.496 e. The summed E-state index contributed by atoms with van der Waals surface area (Å²) in [5, 5.41) is 11.8. The Morgan fingerprint density at radius 1 is 1.26 bits per heavy atom. The van der Waals surface area contributed by atoms with E-state index in [1.54, 1.807) is 7.11 Å². The minimum atomic E-state index is -0.762. The highest BCUT2D eigenvalue weighted by molar-refractivity contribution is 6.30. The number of halogens is 1. The zero-order chi connectivity index (χ0) is 13.5. The van der Waals surface area contributed by atoms with Gasteiger partial charge >= 0.3 is 0 Å². The van der Waals surface area contributed by atoms with Crippen LogP contribution in [0.3, 0.4) is 0 Å². The fourth-order valence-electron chi connectivity index (χ4n) is 3.55. The second-order valence-corrected chi connectivity index (χ2v) is 6.51. The number of hydrogen-bond acceptors (Lipinski definition) is 2. The largest absolute Gasteiger partial charge is 0.496 e. The third kappa shape index (κ3) is 2.61. The quantitative estimate of drug-likeness (QED) is 0.902. The van der Waals surface area contributed by atoms with Crippen molar-refractivity contribution in [3.8, 4) is 5.75 Å². The van der Waals surface area contributed by atoms with E-state index >= 15 is 0 Å². The van der Waals surface area contributed by atoms with Gasteiger partial charge < -0.3 is 9.84 Å². The average Bonchev–Trinajstić information content (AvgIpc) is 3.23. The Labute approximate surface area is 119 Å². The molecule has 0 saturated heterocycles. The summed E-state index contributed by atoms with van der Waals surface area (Å²) in [6.45, 7) is 0. The van der Waals surface area contributed by atoms with E-state index in [0.717, 1.165) is 36.5 Å². The molecule has 1 aromatic rings. The minimum absolute atomic E-state index is 0.665. The molecule has 2 aliphatic rings. The van der Waals surface area contributed by atoms with Crippen LogP contribution in [0.15, 0.2) is 18.2 Å². The summed E-state index contributed by atoms with van der Waals surface area (Å²) in [7, 11) is 1.65. The highest BCUT2D eigenvalue weighted by Gasteiger charge is 2.43. The molecule has 0 spiro atoms. The summed E-state index contributed by atoms with van der Waals surface area (Å²) in [4.78, 5) is 0. The Kier molecular flexibility index (Phi) is 3.48. The van der Waals surface area contributed by atoms with E-state index in [4.69, 9.17) is 16.3 Å². The lowest BCUT2D eigenvalue weighted by atomic mass is 9.72. The summed E-state index contributed by atoms with van der Waals surface area (Å²) < 4.78 is 5.41. The number of ether oxygens (including phenoxy) is 1. The molecule has 2 fully saturated rings. The molecule has 0 heterocycles. The average molecular weight is 281 g/mol. The maximum atomic E-state index is 11.1. The van der Waals surface area contributed by atoms with Crippen LogP contribution < -0.4 is 4.74 Å². The molecule has 0 aromatic heterocycles. The van der Waals surface area contributed by atoms with Crippen molar-refractivity contribution in [2.45, 2.75) is 44.1 Å². The van der Waals surface area contributed by atoms with E-state index in [9.17, 15) is 5.11 Å². The predicted molar refractivity (Wildman–Crippen MR) is 76.6 cm³/mol. The molecule has 2 aliphatic carbocycles. The molecule has 3 rings (SSSR count). The van der Waals surface area contributed by atoms with Gasteiger partial charge in [-0.05, 0) is 68.6 Å². The third-order valence-electron chi connectivity index (χ3n) is 4.72. The smallest absolute Gasteiger partial charge is 0.125 e. The van der Waals surface area contributed by atoms with Crippen LogP contribution in [0.25, 0.3) is 0 Å². The van der Waals surface area contributed by atoms with Crippen molar-refractivity contribution in [1.82, 2.24) is 0 Å². The SMILES string of the molecule is COc1ccc(Cl)cc1C1(O)CCCC(C2CC2)C1. The number of benzene rings is 1. The van der Waals surface area contributed by atoms with Gasteiger partial charge in [0.25, 0.3) is 0 Å². The van der Waals surface area contributed by atoms with Gasteiger partial charge in [-0.25, -0.2) is 0 Å². The molecule has 0 amide bonds. The Balaban J connectivity index is 1.91. The van der Waals surface area contributed by atoms with Crippen LogP contribution in [0, 0.1) is 11.8 Å². The van der Waals surface area contributed by atoms with Crippen LogP contribution in [0.2, 0.25) is 5.02 Å². The van der Waals surface area contributed by atoms with Crippen LogP contribution in [-0.4, -0.2) is 12.2 Å². The first-order chi connectivity index (χ1) is 9.12. The molecular formula is C16H21ClO2. The van der Waals surface area contributed by atoms with E-state index in [1.165, 1.54) is 19.3 Å². The summed E-state index contributed by atoms with van der Waals surface area (Å²) in [5.41, 5.74) is 0.106. The van der Waals surface area contributed by atoms with Gasteiger partial charge in [0.2, 0.25) is 0 Å². The monoisotopic (exact) mass is 280 g/mol. The van der Waals surface area contributed by atoms with Crippen LogP contribution in [0.5, 0.6) is 5.75 Å². The van der Waals surface area contributed by atoms with E-state index in [2.05, 4.69) is 0 Å². The Morgan fingerprint density at radius 3 is 2.74 bits per heavy atom. The van der Waals surface area contributed by atoms with Gasteiger partial charge in [0.1, 0.15) is 5.75 Å². The number of rotatable bonds is 3. The number of methoxy groups -OCH3 is 1. The zero-order valence-corrected chi connectivity index (χ0v) is 12.1. The Morgan fingerprint density at radius 2 is 2.05 bits per heavy atom. The number of hydrogen-bond donors (Lipinski definition) is 1. The molecule has 0 bridgehead atoms. The molecule has 104 valence electrons. The normalized spacial score (nSPS) is 31.2. The zero-order valence-electron chi connectivity index (χ0n) is 11.4. The molecule has 2 saturated carbocycles. The van der Waals surface area contributed by atoms with Gasteiger partial charge in [-0.1, -0.05) is 11.6 Å². The molecule has 0 aliphatic heterocycles. The van der Waals surface area contributed by atoms with Gasteiger partial charge in [0.15, 0.2) is 0 Å². The summed E-state index contributed by atoms with van der Waals surface area (Å²) in [5.74, 6) is 2.27. The highest BCUT2D eigenvalue weighted by Crippen LogP contribution is 2.51. The second-order valence-electron chi connectivity index (χ2n) is 6.07. The third-order valence-corrected chi connectivity index (χ3v) is 4.95. The molecule has 0 radical (unpaired) electrons. The van der Waals surface area contributed by atoms with Crippen molar-refractivity contribution < 1.29 is 9.84 Å². The van der Waals surface area contributed by atoms with Crippen LogP contribution >= 0.6 is 11.6 Å². The van der Waals surface area contributed by atoms with E-state index < -0.39 is 5.60 Å². The molecule has 2 nitrogen and oxygen atoms in total. The number of aliphatic hydroxyl groups is 1. The molecule has 1 aromatic carbocycles. The van der Waals surface area contributed by atoms with Gasteiger partial charge in [-0.2, -0.15) is 0 Å². The molecule has 1 N–H and O–H groups in total. The molecular weight excluding hydrogens is 260 g/mol. The fraction of sp³-hybridized carbons (Fsp3) is 0.625. The molecule has 2 atom stereocenters. The van der Waals surface area contributed by atoms with Crippen LogP contribution in [0.1, 0.15) is 44.1 Å². The van der Waals surface area contributed by atoms with Crippen molar-refractivity contribution in [3.63, 3.8) is 0 Å². The van der Waals surface area contributed by atoms with E-state index in [0.29, 0.717) is 10.9 Å². The van der Waals surface area contributed by atoms with Gasteiger partial charge in [-0.15, -0.1) is 0 Å². The molecule has 2 unspecified atom stereocenters. The van der Waals surface area contributed by atoms with Crippen molar-refractivity contribution in [3.05, 3.63) is 28.8 Å². The van der Waals surface area contributed by atoms with Gasteiger partial charge in [-0.3, -0.25) is 0 Å². The topological polar surface area (TPSA) is 29.5 Å². The first-order valence-corrected chi connectivity index (χ1v) is 7.56. The predicted octanol–water partition coefficient (Wildman–Crippen LogP) is 4.14. The summed E-state index contributed by atoms with van der Waals surface area (Å²) >= 11 is 6.10. The lowest BCUT2D eigenvalue weighted by Crippen LogP contribution is -2.33. The molecule has 19 heavy (non-hydrogen) atoms. The van der Waals surface area contributed by atoms with E-state index in [-0.39, 0.29) is 0 Å². The summed E-state index contributed by atoms with van der Waals surface area (Å²) in [6.07, 6.45) is 6.70. The first-order valence-electron chi connectivity index (χ1n) is 7.19. The maximum absolute atomic E-state index is 11.1. The summed E-state index contributed by atoms with van der Waals surface area (Å²) in [6, 6.07) is 5.54. The standard InChI is InChI=1S/C16H21ClO2/c1-19-15-7-6-13(17)9-14(15)16(18)8-2-3-12(10-16)11-4-5-11/h6-7,9,11-12,18H,2-5,8,10H2,1H3. The van der Waals surface area contributed by atoms with Crippen molar-refractivity contribution in [2.75, 3.05) is 7.11 Å². The van der Waals surface area contributed by atoms with Gasteiger partial charge in [0.05, 0.1) is 12.7 Å². The Bertz CT molecular complexity index is 470. The maximum Gasteiger partial charge on any atom is 0.125 e. The van der Waals surface area contributed by atoms with Crippen molar-refractivity contribution in [1.29, 1.82) is 0 Å². The lowest BCUT2D eigenvalue weighted by Gasteiger charge is -2.38.